The SMILES string of the molecule is CCc1nc(CC)n(Cc2ccccc2Br)n1. The molecule has 4 heteroatoms. The lowest BCUT2D eigenvalue weighted by atomic mass is 10.2. The van der Waals surface area contributed by atoms with E-state index in [0.29, 0.717) is 0 Å². The molecule has 2 rings (SSSR count). The van der Waals surface area contributed by atoms with Crippen LogP contribution >= 0.6 is 15.9 Å². The first-order valence-electron chi connectivity index (χ1n) is 5.90. The molecule has 0 spiro atoms. The quantitative estimate of drug-likeness (QED) is 0.867. The molecule has 0 radical (unpaired) electrons. The van der Waals surface area contributed by atoms with Crippen LogP contribution in [0.15, 0.2) is 28.7 Å². The molecular formula is C13H16BrN3. The van der Waals surface area contributed by atoms with E-state index in [-0.39, 0.29) is 0 Å². The highest BCUT2D eigenvalue weighted by Crippen LogP contribution is 2.17. The molecule has 0 bridgehead atoms. The molecule has 0 aliphatic heterocycles. The smallest absolute Gasteiger partial charge is 0.150 e. The average Bonchev–Trinajstić information content (AvgIpc) is 2.74. The molecule has 0 unspecified atom stereocenters. The van der Waals surface area contributed by atoms with Gasteiger partial charge in [0, 0.05) is 17.3 Å². The zero-order valence-electron chi connectivity index (χ0n) is 10.2. The number of rotatable bonds is 4. The lowest BCUT2D eigenvalue weighted by Crippen LogP contribution is -2.06. The highest BCUT2D eigenvalue weighted by molar-refractivity contribution is 9.10. The Kier molecular flexibility index (Phi) is 3.94. The van der Waals surface area contributed by atoms with Gasteiger partial charge in [0.25, 0.3) is 0 Å². The number of hydrogen-bond acceptors (Lipinski definition) is 2. The van der Waals surface area contributed by atoms with Crippen molar-refractivity contribution in [3.05, 3.63) is 46.0 Å². The molecule has 0 amide bonds. The number of benzene rings is 1. The number of aromatic nitrogens is 3. The molecule has 0 N–H and O–H groups in total. The predicted octanol–water partition coefficient (Wildman–Crippen LogP) is 3.21. The molecule has 90 valence electrons. The first-order valence-corrected chi connectivity index (χ1v) is 6.69. The second kappa shape index (κ2) is 5.45. The number of nitrogens with zero attached hydrogens (tertiary/aromatic N) is 3. The monoisotopic (exact) mass is 293 g/mol. The van der Waals surface area contributed by atoms with Crippen LogP contribution in [-0.4, -0.2) is 14.8 Å². The Labute approximate surface area is 110 Å². The van der Waals surface area contributed by atoms with Crippen molar-refractivity contribution in [1.82, 2.24) is 14.8 Å². The van der Waals surface area contributed by atoms with Gasteiger partial charge in [0.2, 0.25) is 0 Å². The van der Waals surface area contributed by atoms with Crippen LogP contribution in [0.3, 0.4) is 0 Å². The van der Waals surface area contributed by atoms with Crippen molar-refractivity contribution in [3.8, 4) is 0 Å². The van der Waals surface area contributed by atoms with Gasteiger partial charge in [0.05, 0.1) is 6.54 Å². The molecule has 2 aromatic rings. The zero-order valence-corrected chi connectivity index (χ0v) is 11.7. The summed E-state index contributed by atoms with van der Waals surface area (Å²) < 4.78 is 3.12. The van der Waals surface area contributed by atoms with Gasteiger partial charge >= 0.3 is 0 Å². The first-order chi connectivity index (χ1) is 8.24. The highest BCUT2D eigenvalue weighted by atomic mass is 79.9. The molecule has 0 saturated carbocycles. The average molecular weight is 294 g/mol. The number of hydrogen-bond donors (Lipinski definition) is 0. The molecule has 0 aliphatic carbocycles. The van der Waals surface area contributed by atoms with Crippen LogP contribution in [0, 0.1) is 0 Å². The summed E-state index contributed by atoms with van der Waals surface area (Å²) in [7, 11) is 0. The zero-order chi connectivity index (χ0) is 12.3. The summed E-state index contributed by atoms with van der Waals surface area (Å²) in [6.07, 6.45) is 1.80. The van der Waals surface area contributed by atoms with Crippen LogP contribution in [0.1, 0.15) is 31.1 Å². The summed E-state index contributed by atoms with van der Waals surface area (Å²) in [5, 5.41) is 4.52. The minimum atomic E-state index is 0.775. The maximum Gasteiger partial charge on any atom is 0.150 e. The van der Waals surface area contributed by atoms with Gasteiger partial charge < -0.3 is 0 Å². The third kappa shape index (κ3) is 2.75. The Balaban J connectivity index is 2.29. The fourth-order valence-corrected chi connectivity index (χ4v) is 2.16. The fraction of sp³-hybridized carbons (Fsp3) is 0.385. The van der Waals surface area contributed by atoms with Crippen LogP contribution in [-0.2, 0) is 19.4 Å². The lowest BCUT2D eigenvalue weighted by Gasteiger charge is -2.06. The van der Waals surface area contributed by atoms with Gasteiger partial charge in [-0.2, -0.15) is 5.10 Å². The Morgan fingerprint density at radius 1 is 1.18 bits per heavy atom. The Morgan fingerprint density at radius 3 is 2.59 bits per heavy atom. The van der Waals surface area contributed by atoms with Gasteiger partial charge in [-0.1, -0.05) is 48.0 Å². The van der Waals surface area contributed by atoms with Crippen molar-refractivity contribution in [2.75, 3.05) is 0 Å². The van der Waals surface area contributed by atoms with E-state index < -0.39 is 0 Å². The van der Waals surface area contributed by atoms with Crippen molar-refractivity contribution in [1.29, 1.82) is 0 Å². The minimum absolute atomic E-state index is 0.775. The van der Waals surface area contributed by atoms with Crippen molar-refractivity contribution < 1.29 is 0 Å². The summed E-state index contributed by atoms with van der Waals surface area (Å²) in [5.41, 5.74) is 1.23. The Morgan fingerprint density at radius 2 is 1.94 bits per heavy atom. The van der Waals surface area contributed by atoms with E-state index in [0.717, 1.165) is 35.5 Å². The maximum absolute atomic E-state index is 4.52. The molecule has 1 heterocycles. The normalized spacial score (nSPS) is 10.8. The van der Waals surface area contributed by atoms with Gasteiger partial charge in [-0.05, 0) is 11.6 Å². The van der Waals surface area contributed by atoms with Gasteiger partial charge in [-0.15, -0.1) is 0 Å². The molecule has 0 aliphatic rings. The van der Waals surface area contributed by atoms with Gasteiger partial charge in [-0.25, -0.2) is 9.67 Å². The van der Waals surface area contributed by atoms with E-state index in [2.05, 4.69) is 52.0 Å². The van der Waals surface area contributed by atoms with Crippen LogP contribution in [0.25, 0.3) is 0 Å². The molecule has 3 nitrogen and oxygen atoms in total. The third-order valence-electron chi connectivity index (χ3n) is 2.70. The van der Waals surface area contributed by atoms with Crippen molar-refractivity contribution in [3.63, 3.8) is 0 Å². The molecule has 17 heavy (non-hydrogen) atoms. The van der Waals surface area contributed by atoms with Gasteiger partial charge in [-0.3, -0.25) is 0 Å². The molecule has 0 saturated heterocycles. The third-order valence-corrected chi connectivity index (χ3v) is 3.48. The molecule has 1 aromatic carbocycles. The number of aryl methyl sites for hydroxylation is 2. The summed E-state index contributed by atoms with van der Waals surface area (Å²) in [6.45, 7) is 4.97. The van der Waals surface area contributed by atoms with Crippen molar-refractivity contribution in [2.24, 2.45) is 0 Å². The second-order valence-electron chi connectivity index (χ2n) is 3.90. The maximum atomic E-state index is 4.52. The summed E-state index contributed by atoms with van der Waals surface area (Å²) >= 11 is 3.56. The Hall–Kier alpha value is -1.16. The van der Waals surface area contributed by atoms with E-state index in [1.54, 1.807) is 0 Å². The Bertz CT molecular complexity index is 505. The van der Waals surface area contributed by atoms with E-state index in [9.17, 15) is 0 Å². The van der Waals surface area contributed by atoms with Crippen LogP contribution < -0.4 is 0 Å². The second-order valence-corrected chi connectivity index (χ2v) is 4.75. The molecule has 0 atom stereocenters. The van der Waals surface area contributed by atoms with Crippen LogP contribution in [0.2, 0.25) is 0 Å². The van der Waals surface area contributed by atoms with Crippen LogP contribution in [0.4, 0.5) is 0 Å². The van der Waals surface area contributed by atoms with E-state index in [1.807, 2.05) is 16.8 Å². The lowest BCUT2D eigenvalue weighted by molar-refractivity contribution is 0.635. The van der Waals surface area contributed by atoms with Gasteiger partial charge in [0.1, 0.15) is 5.82 Å². The van der Waals surface area contributed by atoms with E-state index in [1.165, 1.54) is 5.56 Å². The minimum Gasteiger partial charge on any atom is -0.245 e. The highest BCUT2D eigenvalue weighted by Gasteiger charge is 2.08. The largest absolute Gasteiger partial charge is 0.245 e. The number of halogens is 1. The van der Waals surface area contributed by atoms with Crippen molar-refractivity contribution >= 4 is 15.9 Å². The fourth-order valence-electron chi connectivity index (χ4n) is 1.75. The van der Waals surface area contributed by atoms with E-state index in [4.69, 9.17) is 0 Å². The summed E-state index contributed by atoms with van der Waals surface area (Å²) in [4.78, 5) is 4.51. The molecule has 0 fully saturated rings. The topological polar surface area (TPSA) is 30.7 Å². The molecular weight excluding hydrogens is 278 g/mol. The van der Waals surface area contributed by atoms with Crippen molar-refractivity contribution in [2.45, 2.75) is 33.2 Å². The standard InChI is InChI=1S/C13H16BrN3/c1-3-12-15-13(4-2)17(16-12)9-10-7-5-6-8-11(10)14/h5-8H,3-4,9H2,1-2H3. The summed E-state index contributed by atoms with van der Waals surface area (Å²) in [6, 6.07) is 8.23. The molecule has 1 aromatic heterocycles. The first kappa shape index (κ1) is 12.3. The summed E-state index contributed by atoms with van der Waals surface area (Å²) in [5.74, 6) is 1.98. The van der Waals surface area contributed by atoms with Gasteiger partial charge in [0.15, 0.2) is 5.82 Å². The van der Waals surface area contributed by atoms with Crippen LogP contribution in [0.5, 0.6) is 0 Å². The predicted molar refractivity (Wildman–Crippen MR) is 72.0 cm³/mol. The van der Waals surface area contributed by atoms with E-state index >= 15 is 0 Å².